The molecule has 0 aliphatic carbocycles. The zero-order valence-electron chi connectivity index (χ0n) is 11.8. The van der Waals surface area contributed by atoms with Crippen molar-refractivity contribution in [2.75, 3.05) is 13.2 Å². The lowest BCUT2D eigenvalue weighted by Gasteiger charge is -2.24. The highest BCUT2D eigenvalue weighted by Crippen LogP contribution is 2.12. The smallest absolute Gasteiger partial charge is 0.248 e. The van der Waals surface area contributed by atoms with Gasteiger partial charge in [-0.2, -0.15) is 0 Å². The molecule has 1 aromatic carbocycles. The average Bonchev–Trinajstić information content (AvgIpc) is 2.38. The van der Waals surface area contributed by atoms with Gasteiger partial charge in [0.2, 0.25) is 11.8 Å². The molecule has 0 bridgehead atoms. The predicted octanol–water partition coefficient (Wildman–Crippen LogP) is 0.408. The monoisotopic (exact) mass is 279 g/mol. The third kappa shape index (κ3) is 5.27. The minimum Gasteiger partial charge on any atom is -0.493 e. The molecule has 1 aromatic rings. The van der Waals surface area contributed by atoms with Gasteiger partial charge < -0.3 is 21.5 Å². The van der Waals surface area contributed by atoms with Gasteiger partial charge in [-0.1, -0.05) is 0 Å². The highest BCUT2D eigenvalue weighted by Gasteiger charge is 2.17. The van der Waals surface area contributed by atoms with Crippen molar-refractivity contribution < 1.29 is 14.3 Å². The van der Waals surface area contributed by atoms with E-state index in [-0.39, 0.29) is 18.9 Å². The van der Waals surface area contributed by atoms with E-state index in [9.17, 15) is 9.59 Å². The Labute approximate surface area is 118 Å². The number of amides is 2. The number of benzene rings is 1. The van der Waals surface area contributed by atoms with Crippen molar-refractivity contribution in [3.05, 3.63) is 29.8 Å². The van der Waals surface area contributed by atoms with Crippen molar-refractivity contribution in [1.29, 1.82) is 0 Å². The molecule has 20 heavy (non-hydrogen) atoms. The maximum absolute atomic E-state index is 11.6. The van der Waals surface area contributed by atoms with E-state index >= 15 is 0 Å². The highest BCUT2D eigenvalue weighted by molar-refractivity contribution is 5.92. The second-order valence-electron chi connectivity index (χ2n) is 5.12. The summed E-state index contributed by atoms with van der Waals surface area (Å²) in [5.74, 6) is -0.0185. The van der Waals surface area contributed by atoms with Gasteiger partial charge in [0.15, 0.2) is 0 Å². The van der Waals surface area contributed by atoms with Gasteiger partial charge >= 0.3 is 0 Å². The number of carbonyl (C=O) groups is 2. The van der Waals surface area contributed by atoms with Crippen molar-refractivity contribution >= 4 is 11.8 Å². The van der Waals surface area contributed by atoms with Gasteiger partial charge in [0.05, 0.1) is 13.0 Å². The molecule has 0 atom stereocenters. The van der Waals surface area contributed by atoms with Crippen molar-refractivity contribution in [3.8, 4) is 5.75 Å². The number of hydrogen-bond donors (Lipinski definition) is 3. The maximum atomic E-state index is 11.6. The molecule has 5 N–H and O–H groups in total. The van der Waals surface area contributed by atoms with E-state index < -0.39 is 11.4 Å². The second-order valence-corrected chi connectivity index (χ2v) is 5.12. The fourth-order valence-corrected chi connectivity index (χ4v) is 1.47. The standard InChI is InChI=1S/C14H21N3O3/c1-14(2,9-15)17-12(18)7-8-20-11-5-3-10(4-6-11)13(16)19/h3-6H,7-9,15H2,1-2H3,(H2,16,19)(H,17,18). The van der Waals surface area contributed by atoms with Crippen LogP contribution in [0.25, 0.3) is 0 Å². The summed E-state index contributed by atoms with van der Waals surface area (Å²) in [6, 6.07) is 6.44. The first-order chi connectivity index (χ1) is 9.34. The van der Waals surface area contributed by atoms with E-state index in [1.165, 1.54) is 0 Å². The topological polar surface area (TPSA) is 107 Å². The van der Waals surface area contributed by atoms with Crippen LogP contribution in [0.2, 0.25) is 0 Å². The minimum absolute atomic E-state index is 0.116. The van der Waals surface area contributed by atoms with Crippen LogP contribution >= 0.6 is 0 Å². The summed E-state index contributed by atoms with van der Waals surface area (Å²) in [7, 11) is 0. The molecule has 0 unspecified atom stereocenters. The Morgan fingerprint density at radius 1 is 1.25 bits per heavy atom. The lowest BCUT2D eigenvalue weighted by Crippen LogP contribution is -2.49. The molecule has 6 heteroatoms. The fraction of sp³-hybridized carbons (Fsp3) is 0.429. The summed E-state index contributed by atoms with van der Waals surface area (Å²) >= 11 is 0. The molecule has 0 aromatic heterocycles. The van der Waals surface area contributed by atoms with Crippen LogP contribution in [0.1, 0.15) is 30.6 Å². The maximum Gasteiger partial charge on any atom is 0.248 e. The van der Waals surface area contributed by atoms with Crippen molar-refractivity contribution in [3.63, 3.8) is 0 Å². The quantitative estimate of drug-likeness (QED) is 0.671. The van der Waals surface area contributed by atoms with E-state index in [1.807, 2.05) is 13.8 Å². The van der Waals surface area contributed by atoms with Crippen LogP contribution in [-0.4, -0.2) is 30.5 Å². The highest BCUT2D eigenvalue weighted by atomic mass is 16.5. The average molecular weight is 279 g/mol. The largest absolute Gasteiger partial charge is 0.493 e. The lowest BCUT2D eigenvalue weighted by atomic mass is 10.1. The van der Waals surface area contributed by atoms with E-state index in [1.54, 1.807) is 24.3 Å². The molecular formula is C14H21N3O3. The number of hydrogen-bond acceptors (Lipinski definition) is 4. The van der Waals surface area contributed by atoms with Crippen LogP contribution in [-0.2, 0) is 4.79 Å². The summed E-state index contributed by atoms with van der Waals surface area (Å²) in [6.07, 6.45) is 0.237. The molecule has 0 heterocycles. The first kappa shape index (κ1) is 16.0. The molecule has 1 rings (SSSR count). The fourth-order valence-electron chi connectivity index (χ4n) is 1.47. The number of rotatable bonds is 7. The van der Waals surface area contributed by atoms with Gasteiger partial charge in [-0.05, 0) is 38.1 Å². The third-order valence-corrected chi connectivity index (χ3v) is 2.72. The van der Waals surface area contributed by atoms with Gasteiger partial charge in [0.1, 0.15) is 5.75 Å². The third-order valence-electron chi connectivity index (χ3n) is 2.72. The number of nitrogens with two attached hydrogens (primary N) is 2. The molecule has 0 spiro atoms. The van der Waals surface area contributed by atoms with Crippen LogP contribution in [0.5, 0.6) is 5.75 Å². The Hall–Kier alpha value is -2.08. The number of carbonyl (C=O) groups excluding carboxylic acids is 2. The lowest BCUT2D eigenvalue weighted by molar-refractivity contribution is -0.123. The Balaban J connectivity index is 2.37. The molecule has 2 amide bonds. The molecule has 6 nitrogen and oxygen atoms in total. The first-order valence-corrected chi connectivity index (χ1v) is 6.38. The molecule has 0 fully saturated rings. The second kappa shape index (κ2) is 6.91. The first-order valence-electron chi connectivity index (χ1n) is 6.38. The molecule has 110 valence electrons. The molecule has 0 saturated carbocycles. The van der Waals surface area contributed by atoms with Gasteiger partial charge in [0.25, 0.3) is 0 Å². The van der Waals surface area contributed by atoms with Crippen molar-refractivity contribution in [2.45, 2.75) is 25.8 Å². The summed E-state index contributed by atoms with van der Waals surface area (Å²) in [5.41, 5.74) is 10.7. The SMILES string of the molecule is CC(C)(CN)NC(=O)CCOc1ccc(C(N)=O)cc1. The minimum atomic E-state index is -0.486. The normalized spacial score (nSPS) is 10.9. The molecule has 0 aliphatic heterocycles. The summed E-state index contributed by atoms with van der Waals surface area (Å²) < 4.78 is 5.42. The Morgan fingerprint density at radius 2 is 1.85 bits per heavy atom. The van der Waals surface area contributed by atoms with Crippen LogP contribution < -0.4 is 21.5 Å². The van der Waals surface area contributed by atoms with Crippen LogP contribution in [0.3, 0.4) is 0 Å². The van der Waals surface area contributed by atoms with Gasteiger partial charge in [0, 0.05) is 17.6 Å². The van der Waals surface area contributed by atoms with Crippen LogP contribution in [0.15, 0.2) is 24.3 Å². The molecule has 0 aliphatic rings. The summed E-state index contributed by atoms with van der Waals surface area (Å²) in [5, 5.41) is 2.81. The summed E-state index contributed by atoms with van der Waals surface area (Å²) in [6.45, 7) is 4.33. The molecular weight excluding hydrogens is 258 g/mol. The van der Waals surface area contributed by atoms with E-state index in [0.717, 1.165) is 0 Å². The Bertz CT molecular complexity index is 469. The van der Waals surface area contributed by atoms with Crippen molar-refractivity contribution in [1.82, 2.24) is 5.32 Å². The van der Waals surface area contributed by atoms with Gasteiger partial charge in [-0.15, -0.1) is 0 Å². The van der Waals surface area contributed by atoms with E-state index in [2.05, 4.69) is 5.32 Å². The molecule has 0 saturated heterocycles. The molecule has 0 radical (unpaired) electrons. The Morgan fingerprint density at radius 3 is 2.35 bits per heavy atom. The zero-order chi connectivity index (χ0) is 15.2. The zero-order valence-corrected chi connectivity index (χ0v) is 11.8. The van der Waals surface area contributed by atoms with Crippen LogP contribution in [0.4, 0.5) is 0 Å². The van der Waals surface area contributed by atoms with Gasteiger partial charge in [-0.25, -0.2) is 0 Å². The summed E-state index contributed by atoms with van der Waals surface area (Å²) in [4.78, 5) is 22.5. The number of ether oxygens (including phenoxy) is 1. The van der Waals surface area contributed by atoms with Crippen LogP contribution in [0, 0.1) is 0 Å². The van der Waals surface area contributed by atoms with Crippen molar-refractivity contribution in [2.24, 2.45) is 11.5 Å². The van der Waals surface area contributed by atoms with E-state index in [4.69, 9.17) is 16.2 Å². The van der Waals surface area contributed by atoms with Gasteiger partial charge in [-0.3, -0.25) is 9.59 Å². The number of primary amides is 1. The Kier molecular flexibility index (Phi) is 5.52. The predicted molar refractivity (Wildman–Crippen MR) is 76.3 cm³/mol. The number of nitrogens with one attached hydrogen (secondary N) is 1. The van der Waals surface area contributed by atoms with E-state index in [0.29, 0.717) is 17.9 Å².